The zero-order chi connectivity index (χ0) is 13.9. The van der Waals surface area contributed by atoms with E-state index in [0.29, 0.717) is 17.9 Å². The number of rotatable bonds is 3. The summed E-state index contributed by atoms with van der Waals surface area (Å²) in [5.74, 6) is -0.308. The number of nitrogens with one attached hydrogen (secondary N) is 1. The van der Waals surface area contributed by atoms with Crippen molar-refractivity contribution in [3.63, 3.8) is 0 Å². The second kappa shape index (κ2) is 5.17. The molecule has 0 bridgehead atoms. The molecule has 0 saturated heterocycles. The van der Waals surface area contributed by atoms with Crippen LogP contribution in [0.15, 0.2) is 54.7 Å². The Morgan fingerprint density at radius 1 is 1.10 bits per heavy atom. The number of hydrogen-bond acceptors (Lipinski definition) is 3. The molecule has 3 aromatic rings. The van der Waals surface area contributed by atoms with Gasteiger partial charge in [-0.2, -0.15) is 0 Å². The largest absolute Gasteiger partial charge is 0.397 e. The molecule has 2 aromatic carbocycles. The van der Waals surface area contributed by atoms with Crippen LogP contribution in [0, 0.1) is 5.82 Å². The Balaban J connectivity index is 1.89. The number of fused-ring (bicyclic) bond motifs is 1. The van der Waals surface area contributed by atoms with E-state index >= 15 is 0 Å². The van der Waals surface area contributed by atoms with E-state index in [2.05, 4.69) is 10.3 Å². The molecular weight excluding hydrogens is 253 g/mol. The maximum atomic E-state index is 13.2. The van der Waals surface area contributed by atoms with Gasteiger partial charge in [0.15, 0.2) is 0 Å². The minimum absolute atomic E-state index is 0.308. The van der Waals surface area contributed by atoms with Crippen LogP contribution in [0.4, 0.5) is 15.8 Å². The molecule has 1 heterocycles. The number of nitrogens with two attached hydrogens (primary N) is 1. The van der Waals surface area contributed by atoms with Crippen LogP contribution in [0.3, 0.4) is 0 Å². The van der Waals surface area contributed by atoms with Crippen LogP contribution in [0.2, 0.25) is 0 Å². The predicted molar refractivity (Wildman–Crippen MR) is 79.9 cm³/mol. The van der Waals surface area contributed by atoms with Crippen LogP contribution in [0.5, 0.6) is 0 Å². The van der Waals surface area contributed by atoms with E-state index in [1.807, 2.05) is 30.3 Å². The number of hydrogen-bond donors (Lipinski definition) is 2. The van der Waals surface area contributed by atoms with E-state index in [1.165, 1.54) is 12.1 Å². The summed E-state index contributed by atoms with van der Waals surface area (Å²) in [6, 6.07) is 14.2. The number of anilines is 2. The number of halogens is 1. The number of nitrogens with zero attached hydrogens (tertiary/aromatic N) is 1. The Morgan fingerprint density at radius 3 is 2.85 bits per heavy atom. The summed E-state index contributed by atoms with van der Waals surface area (Å²) in [6.45, 7) is 0.544. The standard InChI is InChI=1S/C16H14FN3/c17-13-6-7-14(18)15(9-13)20-10-12-4-1-3-11-5-2-8-19-16(11)12/h1-9,20H,10,18H2. The average molecular weight is 267 g/mol. The van der Waals surface area contributed by atoms with Gasteiger partial charge in [0.1, 0.15) is 5.82 Å². The third-order valence-electron chi connectivity index (χ3n) is 3.20. The lowest BCUT2D eigenvalue weighted by Crippen LogP contribution is -2.03. The van der Waals surface area contributed by atoms with Gasteiger partial charge < -0.3 is 11.1 Å². The van der Waals surface area contributed by atoms with Crippen molar-refractivity contribution in [3.05, 3.63) is 66.1 Å². The number of aromatic nitrogens is 1. The minimum Gasteiger partial charge on any atom is -0.397 e. The highest BCUT2D eigenvalue weighted by atomic mass is 19.1. The lowest BCUT2D eigenvalue weighted by Gasteiger charge is -2.11. The maximum Gasteiger partial charge on any atom is 0.125 e. The second-order valence-electron chi connectivity index (χ2n) is 4.58. The monoisotopic (exact) mass is 267 g/mol. The Bertz CT molecular complexity index is 750. The SMILES string of the molecule is Nc1ccc(F)cc1NCc1cccc2cccnc12. The van der Waals surface area contributed by atoms with Crippen molar-refractivity contribution >= 4 is 22.3 Å². The summed E-state index contributed by atoms with van der Waals surface area (Å²) in [6.07, 6.45) is 1.77. The molecule has 100 valence electrons. The summed E-state index contributed by atoms with van der Waals surface area (Å²) < 4.78 is 13.2. The first-order valence-corrected chi connectivity index (χ1v) is 6.35. The second-order valence-corrected chi connectivity index (χ2v) is 4.58. The molecule has 0 amide bonds. The number of nitrogen functional groups attached to an aromatic ring is 1. The molecule has 0 spiro atoms. The van der Waals surface area contributed by atoms with E-state index in [9.17, 15) is 4.39 Å². The van der Waals surface area contributed by atoms with Crippen molar-refractivity contribution in [1.82, 2.24) is 4.98 Å². The predicted octanol–water partition coefficient (Wildman–Crippen LogP) is 3.57. The molecule has 3 N–H and O–H groups in total. The highest BCUT2D eigenvalue weighted by Crippen LogP contribution is 2.22. The molecule has 3 rings (SSSR count). The van der Waals surface area contributed by atoms with Crippen LogP contribution in [-0.2, 0) is 6.54 Å². The molecule has 0 atom stereocenters. The van der Waals surface area contributed by atoms with Crippen molar-refractivity contribution in [3.8, 4) is 0 Å². The third kappa shape index (κ3) is 2.40. The Labute approximate surface area is 116 Å². The zero-order valence-corrected chi connectivity index (χ0v) is 10.8. The van der Waals surface area contributed by atoms with Crippen molar-refractivity contribution < 1.29 is 4.39 Å². The number of pyridine rings is 1. The van der Waals surface area contributed by atoms with E-state index in [4.69, 9.17) is 5.73 Å². The van der Waals surface area contributed by atoms with Crippen molar-refractivity contribution in [2.45, 2.75) is 6.54 Å². The highest BCUT2D eigenvalue weighted by Gasteiger charge is 2.04. The van der Waals surface area contributed by atoms with Crippen molar-refractivity contribution in [2.75, 3.05) is 11.1 Å². The van der Waals surface area contributed by atoms with Gasteiger partial charge in [-0.05, 0) is 29.8 Å². The summed E-state index contributed by atoms with van der Waals surface area (Å²) in [4.78, 5) is 4.39. The van der Waals surface area contributed by atoms with Gasteiger partial charge in [-0.25, -0.2) is 4.39 Å². The van der Waals surface area contributed by atoms with Gasteiger partial charge in [0, 0.05) is 18.1 Å². The van der Waals surface area contributed by atoms with Gasteiger partial charge in [-0.15, -0.1) is 0 Å². The number of para-hydroxylation sites is 1. The van der Waals surface area contributed by atoms with Crippen molar-refractivity contribution in [1.29, 1.82) is 0 Å². The van der Waals surface area contributed by atoms with E-state index in [1.54, 1.807) is 12.3 Å². The highest BCUT2D eigenvalue weighted by molar-refractivity contribution is 5.82. The van der Waals surface area contributed by atoms with Gasteiger partial charge in [0.25, 0.3) is 0 Å². The molecule has 0 saturated carbocycles. The third-order valence-corrected chi connectivity index (χ3v) is 3.20. The van der Waals surface area contributed by atoms with Gasteiger partial charge in [0.05, 0.1) is 16.9 Å². The molecule has 0 aliphatic carbocycles. The molecule has 4 heteroatoms. The Hall–Kier alpha value is -2.62. The summed E-state index contributed by atoms with van der Waals surface area (Å²) in [5.41, 5.74) is 8.93. The first-order valence-electron chi connectivity index (χ1n) is 6.35. The van der Waals surface area contributed by atoms with Crippen LogP contribution in [0.25, 0.3) is 10.9 Å². The lowest BCUT2D eigenvalue weighted by molar-refractivity contribution is 0.628. The smallest absolute Gasteiger partial charge is 0.125 e. The first-order chi connectivity index (χ1) is 9.74. The van der Waals surface area contributed by atoms with E-state index in [0.717, 1.165) is 16.5 Å². The molecule has 0 radical (unpaired) electrons. The number of benzene rings is 2. The molecule has 0 fully saturated rings. The van der Waals surface area contributed by atoms with Crippen LogP contribution >= 0.6 is 0 Å². The van der Waals surface area contributed by atoms with E-state index in [-0.39, 0.29) is 5.82 Å². The fourth-order valence-electron chi connectivity index (χ4n) is 2.18. The summed E-state index contributed by atoms with van der Waals surface area (Å²) >= 11 is 0. The fraction of sp³-hybridized carbons (Fsp3) is 0.0625. The lowest BCUT2D eigenvalue weighted by atomic mass is 10.1. The summed E-state index contributed by atoms with van der Waals surface area (Å²) in [5, 5.41) is 4.24. The van der Waals surface area contributed by atoms with E-state index < -0.39 is 0 Å². The fourth-order valence-corrected chi connectivity index (χ4v) is 2.18. The molecule has 20 heavy (non-hydrogen) atoms. The van der Waals surface area contributed by atoms with Gasteiger partial charge in [0.2, 0.25) is 0 Å². The molecule has 1 aromatic heterocycles. The Kier molecular flexibility index (Phi) is 3.21. The first kappa shape index (κ1) is 12.4. The van der Waals surface area contributed by atoms with Crippen LogP contribution < -0.4 is 11.1 Å². The maximum absolute atomic E-state index is 13.2. The van der Waals surface area contributed by atoms with Crippen LogP contribution in [-0.4, -0.2) is 4.98 Å². The minimum atomic E-state index is -0.308. The quantitative estimate of drug-likeness (QED) is 0.713. The Morgan fingerprint density at radius 2 is 1.95 bits per heavy atom. The topological polar surface area (TPSA) is 50.9 Å². The van der Waals surface area contributed by atoms with Crippen LogP contribution in [0.1, 0.15) is 5.56 Å². The molecule has 0 unspecified atom stereocenters. The normalized spacial score (nSPS) is 10.7. The van der Waals surface area contributed by atoms with Crippen molar-refractivity contribution in [2.24, 2.45) is 0 Å². The zero-order valence-electron chi connectivity index (χ0n) is 10.8. The van der Waals surface area contributed by atoms with Gasteiger partial charge in [-0.3, -0.25) is 4.98 Å². The molecule has 0 aliphatic heterocycles. The molecule has 0 aliphatic rings. The summed E-state index contributed by atoms with van der Waals surface area (Å²) in [7, 11) is 0. The molecule has 3 nitrogen and oxygen atoms in total. The van der Waals surface area contributed by atoms with Gasteiger partial charge >= 0.3 is 0 Å². The average Bonchev–Trinajstić information content (AvgIpc) is 2.48. The molecular formula is C16H14FN3. The van der Waals surface area contributed by atoms with Gasteiger partial charge in [-0.1, -0.05) is 24.3 Å².